The molecule has 2 amide bonds. The third-order valence-corrected chi connectivity index (χ3v) is 6.19. The molecule has 0 radical (unpaired) electrons. The van der Waals surface area contributed by atoms with Crippen LogP contribution in [0.25, 0.3) is 0 Å². The highest BCUT2D eigenvalue weighted by atomic mass is 16.7. The lowest BCUT2D eigenvalue weighted by Crippen LogP contribution is -2.41. The second kappa shape index (κ2) is 11.4. The van der Waals surface area contributed by atoms with Crippen LogP contribution in [0.15, 0.2) is 42.5 Å². The molecule has 0 bridgehead atoms. The van der Waals surface area contributed by atoms with Gasteiger partial charge in [-0.1, -0.05) is 36.3 Å². The van der Waals surface area contributed by atoms with E-state index in [1.807, 2.05) is 39.8 Å². The van der Waals surface area contributed by atoms with Gasteiger partial charge in [0.05, 0.1) is 23.4 Å². The van der Waals surface area contributed by atoms with Crippen molar-refractivity contribution in [3.8, 4) is 12.3 Å². The number of carbonyl (C=O) groups is 3. The van der Waals surface area contributed by atoms with Crippen LogP contribution in [0, 0.1) is 12.3 Å². The van der Waals surface area contributed by atoms with E-state index in [2.05, 4.69) is 21.3 Å². The summed E-state index contributed by atoms with van der Waals surface area (Å²) in [6.45, 7) is 7.58. The topological polar surface area (TPSA) is 132 Å². The zero-order valence-corrected chi connectivity index (χ0v) is 21.1. The van der Waals surface area contributed by atoms with Gasteiger partial charge in [-0.15, -0.1) is 6.42 Å². The van der Waals surface area contributed by atoms with E-state index >= 15 is 0 Å². The number of anilines is 1. The largest absolute Gasteiger partial charge is 0.506 e. The molecule has 3 N–H and O–H groups in total. The second-order valence-electron chi connectivity index (χ2n) is 9.34. The van der Waals surface area contributed by atoms with Crippen molar-refractivity contribution in [1.82, 2.24) is 5.32 Å². The Hall–Kier alpha value is -4.01. The summed E-state index contributed by atoms with van der Waals surface area (Å²) in [6, 6.07) is 11.6. The van der Waals surface area contributed by atoms with Crippen LogP contribution in [0.5, 0.6) is 0 Å². The van der Waals surface area contributed by atoms with E-state index in [1.165, 1.54) is 18.2 Å². The van der Waals surface area contributed by atoms with Crippen LogP contribution in [-0.4, -0.2) is 48.1 Å². The third-order valence-electron chi connectivity index (χ3n) is 6.19. The Kier molecular flexibility index (Phi) is 8.47. The van der Waals surface area contributed by atoms with E-state index in [-0.39, 0.29) is 31.0 Å². The van der Waals surface area contributed by atoms with Crippen LogP contribution in [0.4, 0.5) is 15.3 Å². The van der Waals surface area contributed by atoms with Crippen molar-refractivity contribution in [2.45, 2.75) is 52.1 Å². The average Bonchev–Trinajstić information content (AvgIpc) is 3.07. The fourth-order valence-corrected chi connectivity index (χ4v) is 3.38. The predicted molar refractivity (Wildman–Crippen MR) is 136 cm³/mol. The van der Waals surface area contributed by atoms with Gasteiger partial charge in [-0.25, -0.2) is 9.59 Å². The first-order valence-electron chi connectivity index (χ1n) is 11.5. The fraction of sp³-hybridized carbons (Fsp3) is 0.346. The highest BCUT2D eigenvalue weighted by Crippen LogP contribution is 2.36. The monoisotopic (exact) mass is 508 g/mol. The van der Waals surface area contributed by atoms with Crippen molar-refractivity contribution >= 4 is 36.4 Å². The maximum absolute atomic E-state index is 12.5. The summed E-state index contributed by atoms with van der Waals surface area (Å²) >= 11 is 0. The van der Waals surface area contributed by atoms with E-state index in [1.54, 1.807) is 12.1 Å². The standard InChI is InChI=1S/C26H29BN2O8/c1-6-13-28-22(30)18-9-10-19(16-35-24(32)33)21(14-18)29-23(31)34-15-17-7-11-20(12-8-17)27-36-25(2,3)26(4,5)37-27/h1,7-12,14H,13,15-16H2,2-5H3,(H,28,30)(H,29,31)(H,32,33). The van der Waals surface area contributed by atoms with E-state index in [9.17, 15) is 14.4 Å². The maximum atomic E-state index is 12.5. The number of carbonyl (C=O) groups excluding carboxylic acids is 2. The number of carboxylic acid groups (broad SMARTS) is 1. The van der Waals surface area contributed by atoms with Gasteiger partial charge in [0.1, 0.15) is 13.2 Å². The number of hydrogen-bond acceptors (Lipinski definition) is 7. The first-order chi connectivity index (χ1) is 17.4. The molecule has 0 unspecified atom stereocenters. The van der Waals surface area contributed by atoms with Gasteiger partial charge >= 0.3 is 19.4 Å². The summed E-state index contributed by atoms with van der Waals surface area (Å²) in [6.07, 6.45) is 2.89. The molecule has 10 nitrogen and oxygen atoms in total. The second-order valence-corrected chi connectivity index (χ2v) is 9.34. The van der Waals surface area contributed by atoms with Crippen LogP contribution in [0.1, 0.15) is 49.2 Å². The lowest BCUT2D eigenvalue weighted by atomic mass is 9.79. The minimum Gasteiger partial charge on any atom is -0.450 e. The molecule has 1 aliphatic rings. The summed E-state index contributed by atoms with van der Waals surface area (Å²) in [4.78, 5) is 35.5. The number of hydrogen-bond donors (Lipinski definition) is 3. The van der Waals surface area contributed by atoms with E-state index in [4.69, 9.17) is 25.6 Å². The summed E-state index contributed by atoms with van der Waals surface area (Å²) in [5, 5.41) is 13.9. The summed E-state index contributed by atoms with van der Waals surface area (Å²) in [5.74, 6) is 1.84. The van der Waals surface area contributed by atoms with Gasteiger partial charge < -0.3 is 29.2 Å². The van der Waals surface area contributed by atoms with Gasteiger partial charge in [0.15, 0.2) is 0 Å². The number of terminal acetylenes is 1. The Labute approximate surface area is 215 Å². The molecule has 37 heavy (non-hydrogen) atoms. The quantitative estimate of drug-likeness (QED) is 0.281. The lowest BCUT2D eigenvalue weighted by Gasteiger charge is -2.32. The van der Waals surface area contributed by atoms with Crippen molar-refractivity contribution in [1.29, 1.82) is 0 Å². The molecule has 11 heteroatoms. The van der Waals surface area contributed by atoms with Gasteiger partial charge in [-0.2, -0.15) is 0 Å². The summed E-state index contributed by atoms with van der Waals surface area (Å²) in [7, 11) is -0.500. The molecule has 1 heterocycles. The molecular weight excluding hydrogens is 479 g/mol. The molecule has 2 aromatic carbocycles. The molecule has 3 rings (SSSR count). The van der Waals surface area contributed by atoms with E-state index in [0.717, 1.165) is 11.0 Å². The first-order valence-corrected chi connectivity index (χ1v) is 11.5. The Morgan fingerprint density at radius 2 is 1.65 bits per heavy atom. The third kappa shape index (κ3) is 7.03. The fourth-order valence-electron chi connectivity index (χ4n) is 3.38. The number of nitrogens with one attached hydrogen (secondary N) is 2. The lowest BCUT2D eigenvalue weighted by molar-refractivity contribution is 0.00578. The Morgan fingerprint density at radius 1 is 1.00 bits per heavy atom. The highest BCUT2D eigenvalue weighted by Gasteiger charge is 2.51. The Bertz CT molecular complexity index is 1190. The molecule has 2 aromatic rings. The normalized spacial score (nSPS) is 15.4. The zero-order chi connectivity index (χ0) is 27.2. The van der Waals surface area contributed by atoms with Crippen molar-refractivity contribution in [2.24, 2.45) is 0 Å². The summed E-state index contributed by atoms with van der Waals surface area (Å²) in [5.41, 5.74) is 1.37. The van der Waals surface area contributed by atoms with Crippen molar-refractivity contribution in [2.75, 3.05) is 11.9 Å². The van der Waals surface area contributed by atoms with Crippen molar-refractivity contribution in [3.05, 3.63) is 59.2 Å². The molecule has 0 saturated carbocycles. The number of ether oxygens (including phenoxy) is 2. The Balaban J connectivity index is 1.64. The number of benzene rings is 2. The van der Waals surface area contributed by atoms with Crippen molar-refractivity contribution in [3.63, 3.8) is 0 Å². The van der Waals surface area contributed by atoms with Gasteiger partial charge in [0.2, 0.25) is 0 Å². The first kappa shape index (κ1) is 27.6. The number of amides is 2. The molecule has 0 atom stereocenters. The minimum absolute atomic E-state index is 0.0286. The molecule has 1 fully saturated rings. The van der Waals surface area contributed by atoms with Crippen LogP contribution in [0.2, 0.25) is 0 Å². The average molecular weight is 508 g/mol. The minimum atomic E-state index is -1.48. The van der Waals surface area contributed by atoms with Crippen molar-refractivity contribution < 1.29 is 38.3 Å². The molecule has 194 valence electrons. The van der Waals surface area contributed by atoms with Crippen LogP contribution >= 0.6 is 0 Å². The predicted octanol–water partition coefficient (Wildman–Crippen LogP) is 3.29. The van der Waals surface area contributed by atoms with Crippen LogP contribution in [0.3, 0.4) is 0 Å². The van der Waals surface area contributed by atoms with Gasteiger partial charge in [-0.3, -0.25) is 10.1 Å². The summed E-state index contributed by atoms with van der Waals surface area (Å²) < 4.78 is 22.0. The molecule has 0 aliphatic carbocycles. The molecule has 0 spiro atoms. The maximum Gasteiger partial charge on any atom is 0.506 e. The van der Waals surface area contributed by atoms with Crippen LogP contribution < -0.4 is 16.1 Å². The molecule has 1 saturated heterocycles. The molecule has 0 aromatic heterocycles. The smallest absolute Gasteiger partial charge is 0.450 e. The van der Waals surface area contributed by atoms with Gasteiger partial charge in [-0.05, 0) is 50.9 Å². The zero-order valence-electron chi connectivity index (χ0n) is 21.1. The Morgan fingerprint density at radius 3 is 2.24 bits per heavy atom. The van der Waals surface area contributed by atoms with E-state index < -0.39 is 36.5 Å². The highest BCUT2D eigenvalue weighted by molar-refractivity contribution is 6.62. The molecular formula is C26H29BN2O8. The van der Waals surface area contributed by atoms with Gasteiger partial charge in [0, 0.05) is 11.1 Å². The van der Waals surface area contributed by atoms with E-state index in [0.29, 0.717) is 5.56 Å². The van der Waals surface area contributed by atoms with Crippen LogP contribution in [-0.2, 0) is 32.0 Å². The number of rotatable bonds is 8. The van der Waals surface area contributed by atoms with Gasteiger partial charge in [0.25, 0.3) is 5.91 Å². The molecule has 1 aliphatic heterocycles. The SMILES string of the molecule is C#CCNC(=O)c1ccc(COC(=O)O)c(NC(=O)OCc2ccc(B3OC(C)(C)C(C)(C)O3)cc2)c1.